The Bertz CT molecular complexity index is 232. The van der Waals surface area contributed by atoms with E-state index in [2.05, 4.69) is 13.8 Å². The molecule has 1 amide bonds. The van der Waals surface area contributed by atoms with E-state index in [0.29, 0.717) is 12.0 Å². The van der Waals surface area contributed by atoms with Crippen LogP contribution in [-0.2, 0) is 4.74 Å². The maximum Gasteiger partial charge on any atom is 0.410 e. The summed E-state index contributed by atoms with van der Waals surface area (Å²) in [6.45, 7) is 9.05. The second-order valence-corrected chi connectivity index (χ2v) is 5.75. The average molecular weight is 241 g/mol. The van der Waals surface area contributed by atoms with Gasteiger partial charge in [-0.3, -0.25) is 0 Å². The van der Waals surface area contributed by atoms with Crippen LogP contribution in [0.5, 0.6) is 0 Å². The highest BCUT2D eigenvalue weighted by atomic mass is 16.6. The van der Waals surface area contributed by atoms with Crippen LogP contribution >= 0.6 is 0 Å². The third kappa shape index (κ3) is 4.97. The Morgan fingerprint density at radius 1 is 1.24 bits per heavy atom. The summed E-state index contributed by atoms with van der Waals surface area (Å²) in [6, 6.07) is 0.417. The SMILES string of the molecule is CC(C)CCN(C(=O)OC(C)C)C1CCCC1. The molecule has 0 N–H and O–H groups in total. The molecule has 0 heterocycles. The minimum atomic E-state index is -0.118. The Balaban J connectivity index is 2.53. The van der Waals surface area contributed by atoms with Gasteiger partial charge in [0, 0.05) is 12.6 Å². The Labute approximate surface area is 106 Å². The molecule has 100 valence electrons. The number of rotatable bonds is 5. The number of nitrogens with zero attached hydrogens (tertiary/aromatic N) is 1. The number of hydrogen-bond donors (Lipinski definition) is 0. The molecule has 0 atom stereocenters. The number of ether oxygens (including phenoxy) is 1. The van der Waals surface area contributed by atoms with E-state index in [1.54, 1.807) is 0 Å². The van der Waals surface area contributed by atoms with Gasteiger partial charge in [-0.05, 0) is 39.0 Å². The largest absolute Gasteiger partial charge is 0.447 e. The molecule has 0 bridgehead atoms. The molecule has 0 saturated heterocycles. The number of carbonyl (C=O) groups excluding carboxylic acids is 1. The summed E-state index contributed by atoms with van der Waals surface area (Å²) >= 11 is 0. The molecule has 1 fully saturated rings. The zero-order valence-electron chi connectivity index (χ0n) is 11.7. The molecule has 0 aromatic rings. The molecule has 17 heavy (non-hydrogen) atoms. The molecule has 1 aliphatic carbocycles. The lowest BCUT2D eigenvalue weighted by Gasteiger charge is -2.29. The van der Waals surface area contributed by atoms with Crippen LogP contribution < -0.4 is 0 Å². The molecular weight excluding hydrogens is 214 g/mol. The van der Waals surface area contributed by atoms with E-state index < -0.39 is 0 Å². The molecule has 3 heteroatoms. The summed E-state index contributed by atoms with van der Waals surface area (Å²) in [4.78, 5) is 14.0. The minimum Gasteiger partial charge on any atom is -0.447 e. The van der Waals surface area contributed by atoms with Crippen LogP contribution in [0, 0.1) is 5.92 Å². The standard InChI is InChI=1S/C14H27NO2/c1-11(2)9-10-15(13-7-5-6-8-13)14(16)17-12(3)4/h11-13H,5-10H2,1-4H3. The first-order valence-corrected chi connectivity index (χ1v) is 6.98. The lowest BCUT2D eigenvalue weighted by Crippen LogP contribution is -2.41. The molecule has 1 rings (SSSR count). The molecule has 0 aromatic heterocycles. The fraction of sp³-hybridized carbons (Fsp3) is 0.929. The van der Waals surface area contributed by atoms with Gasteiger partial charge in [-0.2, -0.15) is 0 Å². The molecule has 3 nitrogen and oxygen atoms in total. The molecular formula is C14H27NO2. The highest BCUT2D eigenvalue weighted by Gasteiger charge is 2.27. The molecule has 0 spiro atoms. The summed E-state index contributed by atoms with van der Waals surface area (Å²) in [5.41, 5.74) is 0. The highest BCUT2D eigenvalue weighted by molar-refractivity contribution is 5.68. The molecule has 1 saturated carbocycles. The van der Waals surface area contributed by atoms with Crippen molar-refractivity contribution in [3.05, 3.63) is 0 Å². The summed E-state index contributed by atoms with van der Waals surface area (Å²) in [6.07, 6.45) is 5.70. The molecule has 0 aromatic carbocycles. The van der Waals surface area contributed by atoms with Crippen molar-refractivity contribution in [2.24, 2.45) is 5.92 Å². The van der Waals surface area contributed by atoms with Crippen LogP contribution in [0.3, 0.4) is 0 Å². The van der Waals surface area contributed by atoms with Crippen molar-refractivity contribution in [1.82, 2.24) is 4.90 Å². The van der Waals surface area contributed by atoms with Crippen LogP contribution in [-0.4, -0.2) is 29.7 Å². The summed E-state index contributed by atoms with van der Waals surface area (Å²) in [5, 5.41) is 0. The lowest BCUT2D eigenvalue weighted by atomic mass is 10.1. The number of hydrogen-bond acceptors (Lipinski definition) is 2. The van der Waals surface area contributed by atoms with E-state index in [4.69, 9.17) is 4.74 Å². The van der Waals surface area contributed by atoms with Crippen molar-refractivity contribution >= 4 is 6.09 Å². The van der Waals surface area contributed by atoms with E-state index in [1.165, 1.54) is 12.8 Å². The van der Waals surface area contributed by atoms with Gasteiger partial charge in [0.05, 0.1) is 6.10 Å². The molecule has 0 unspecified atom stereocenters. The smallest absolute Gasteiger partial charge is 0.410 e. The second-order valence-electron chi connectivity index (χ2n) is 5.75. The zero-order valence-corrected chi connectivity index (χ0v) is 11.7. The predicted molar refractivity (Wildman–Crippen MR) is 70.0 cm³/mol. The molecule has 0 aliphatic heterocycles. The van der Waals surface area contributed by atoms with Gasteiger partial charge in [0.15, 0.2) is 0 Å². The van der Waals surface area contributed by atoms with Crippen molar-refractivity contribution in [2.45, 2.75) is 71.9 Å². The number of amides is 1. The topological polar surface area (TPSA) is 29.5 Å². The Morgan fingerprint density at radius 3 is 2.29 bits per heavy atom. The van der Waals surface area contributed by atoms with Crippen LogP contribution in [0.2, 0.25) is 0 Å². The van der Waals surface area contributed by atoms with E-state index in [9.17, 15) is 4.79 Å². The average Bonchev–Trinajstić information content (AvgIpc) is 2.69. The Morgan fingerprint density at radius 2 is 1.82 bits per heavy atom. The van der Waals surface area contributed by atoms with E-state index in [-0.39, 0.29) is 12.2 Å². The van der Waals surface area contributed by atoms with Crippen LogP contribution in [0.4, 0.5) is 4.79 Å². The fourth-order valence-electron chi connectivity index (χ4n) is 2.31. The monoisotopic (exact) mass is 241 g/mol. The van der Waals surface area contributed by atoms with E-state index in [1.807, 2.05) is 18.7 Å². The van der Waals surface area contributed by atoms with Crippen molar-refractivity contribution in [2.75, 3.05) is 6.54 Å². The van der Waals surface area contributed by atoms with Gasteiger partial charge in [-0.25, -0.2) is 4.79 Å². The summed E-state index contributed by atoms with van der Waals surface area (Å²) in [7, 11) is 0. The van der Waals surface area contributed by atoms with Crippen LogP contribution in [0.15, 0.2) is 0 Å². The summed E-state index contributed by atoms with van der Waals surface area (Å²) < 4.78 is 5.34. The highest BCUT2D eigenvalue weighted by Crippen LogP contribution is 2.25. The lowest BCUT2D eigenvalue weighted by molar-refractivity contribution is 0.0622. The second kappa shape index (κ2) is 6.87. The van der Waals surface area contributed by atoms with Crippen molar-refractivity contribution in [3.8, 4) is 0 Å². The summed E-state index contributed by atoms with van der Waals surface area (Å²) in [5.74, 6) is 0.630. The molecule has 1 aliphatic rings. The first-order valence-electron chi connectivity index (χ1n) is 6.98. The normalized spacial score (nSPS) is 16.8. The van der Waals surface area contributed by atoms with Gasteiger partial charge < -0.3 is 9.64 Å². The van der Waals surface area contributed by atoms with Gasteiger partial charge in [-0.1, -0.05) is 26.7 Å². The third-order valence-electron chi connectivity index (χ3n) is 3.28. The van der Waals surface area contributed by atoms with Crippen molar-refractivity contribution in [1.29, 1.82) is 0 Å². The Kier molecular flexibility index (Phi) is 5.79. The van der Waals surface area contributed by atoms with Gasteiger partial charge in [0.2, 0.25) is 0 Å². The maximum absolute atomic E-state index is 12.1. The fourth-order valence-corrected chi connectivity index (χ4v) is 2.31. The van der Waals surface area contributed by atoms with Gasteiger partial charge in [0.25, 0.3) is 0 Å². The van der Waals surface area contributed by atoms with Gasteiger partial charge in [0.1, 0.15) is 0 Å². The minimum absolute atomic E-state index is 0.0227. The first kappa shape index (κ1) is 14.3. The zero-order chi connectivity index (χ0) is 12.8. The Hall–Kier alpha value is -0.730. The van der Waals surface area contributed by atoms with Crippen molar-refractivity contribution in [3.63, 3.8) is 0 Å². The predicted octanol–water partition coefficient (Wildman–Crippen LogP) is 3.82. The quantitative estimate of drug-likeness (QED) is 0.732. The van der Waals surface area contributed by atoms with Crippen molar-refractivity contribution < 1.29 is 9.53 Å². The van der Waals surface area contributed by atoms with Crippen LogP contribution in [0.25, 0.3) is 0 Å². The maximum atomic E-state index is 12.1. The first-order chi connectivity index (χ1) is 8.00. The number of carbonyl (C=O) groups is 1. The van der Waals surface area contributed by atoms with Crippen LogP contribution in [0.1, 0.15) is 59.8 Å². The van der Waals surface area contributed by atoms with Gasteiger partial charge >= 0.3 is 6.09 Å². The third-order valence-corrected chi connectivity index (χ3v) is 3.28. The van der Waals surface area contributed by atoms with E-state index >= 15 is 0 Å². The van der Waals surface area contributed by atoms with E-state index in [0.717, 1.165) is 25.8 Å². The molecule has 0 radical (unpaired) electrons. The van der Waals surface area contributed by atoms with Gasteiger partial charge in [-0.15, -0.1) is 0 Å².